The van der Waals surface area contributed by atoms with Gasteiger partial charge in [-0.2, -0.15) is 0 Å². The Labute approximate surface area is 114 Å². The molecular formula is C16H21NS. The summed E-state index contributed by atoms with van der Waals surface area (Å²) in [7, 11) is 2.04. The molecule has 96 valence electrons. The molecule has 1 heterocycles. The zero-order valence-electron chi connectivity index (χ0n) is 11.6. The second-order valence-corrected chi connectivity index (χ2v) is 5.92. The van der Waals surface area contributed by atoms with Gasteiger partial charge in [0, 0.05) is 10.9 Å². The van der Waals surface area contributed by atoms with E-state index in [9.17, 15) is 0 Å². The van der Waals surface area contributed by atoms with Gasteiger partial charge in [0.15, 0.2) is 0 Å². The first-order valence-electron chi connectivity index (χ1n) is 6.39. The highest BCUT2D eigenvalue weighted by molar-refractivity contribution is 7.10. The van der Waals surface area contributed by atoms with Gasteiger partial charge >= 0.3 is 0 Å². The zero-order chi connectivity index (χ0) is 13.1. The number of rotatable bonds is 4. The van der Waals surface area contributed by atoms with Crippen LogP contribution in [0.3, 0.4) is 0 Å². The van der Waals surface area contributed by atoms with E-state index in [1.807, 2.05) is 18.4 Å². The standard InChI is InChI=1S/C16H21NS/c1-11-8-12(2)14(13(3)9-11)10-15(17-4)16-6-5-7-18-16/h5-9,15,17H,10H2,1-4H3. The summed E-state index contributed by atoms with van der Waals surface area (Å²) in [6.07, 6.45) is 1.06. The Balaban J connectivity index is 2.28. The van der Waals surface area contributed by atoms with Crippen LogP contribution < -0.4 is 5.32 Å². The zero-order valence-corrected chi connectivity index (χ0v) is 12.4. The van der Waals surface area contributed by atoms with Gasteiger partial charge in [-0.05, 0) is 62.4 Å². The van der Waals surface area contributed by atoms with Crippen LogP contribution in [0.15, 0.2) is 29.6 Å². The van der Waals surface area contributed by atoms with Crippen LogP contribution in [-0.4, -0.2) is 7.05 Å². The molecule has 1 aromatic carbocycles. The van der Waals surface area contributed by atoms with Gasteiger partial charge in [0.05, 0.1) is 0 Å². The van der Waals surface area contributed by atoms with Crippen molar-refractivity contribution in [3.63, 3.8) is 0 Å². The van der Waals surface area contributed by atoms with Crippen molar-refractivity contribution < 1.29 is 0 Å². The van der Waals surface area contributed by atoms with E-state index in [0.29, 0.717) is 6.04 Å². The van der Waals surface area contributed by atoms with Gasteiger partial charge < -0.3 is 5.32 Å². The summed E-state index contributed by atoms with van der Waals surface area (Å²) < 4.78 is 0. The minimum absolute atomic E-state index is 0.421. The van der Waals surface area contributed by atoms with Gasteiger partial charge in [0.2, 0.25) is 0 Å². The van der Waals surface area contributed by atoms with Crippen LogP contribution in [0.5, 0.6) is 0 Å². The number of aryl methyl sites for hydroxylation is 3. The third kappa shape index (κ3) is 2.82. The fourth-order valence-corrected chi connectivity index (χ4v) is 3.41. The van der Waals surface area contributed by atoms with E-state index in [2.05, 4.69) is 55.7 Å². The lowest BCUT2D eigenvalue weighted by atomic mass is 9.94. The molecule has 0 bridgehead atoms. The highest BCUT2D eigenvalue weighted by atomic mass is 32.1. The van der Waals surface area contributed by atoms with E-state index >= 15 is 0 Å². The van der Waals surface area contributed by atoms with Crippen LogP contribution in [0.1, 0.15) is 33.2 Å². The van der Waals surface area contributed by atoms with Gasteiger partial charge in [0.25, 0.3) is 0 Å². The van der Waals surface area contributed by atoms with Crippen molar-refractivity contribution in [1.82, 2.24) is 5.32 Å². The largest absolute Gasteiger partial charge is 0.312 e. The molecule has 18 heavy (non-hydrogen) atoms. The average molecular weight is 259 g/mol. The van der Waals surface area contributed by atoms with Crippen molar-refractivity contribution in [3.8, 4) is 0 Å². The maximum Gasteiger partial charge on any atom is 0.0453 e. The monoisotopic (exact) mass is 259 g/mol. The van der Waals surface area contributed by atoms with Crippen LogP contribution >= 0.6 is 11.3 Å². The predicted molar refractivity (Wildman–Crippen MR) is 80.5 cm³/mol. The lowest BCUT2D eigenvalue weighted by Crippen LogP contribution is -2.18. The summed E-state index contributed by atoms with van der Waals surface area (Å²) in [5.41, 5.74) is 5.65. The molecule has 1 aromatic heterocycles. The first-order chi connectivity index (χ1) is 8.61. The smallest absolute Gasteiger partial charge is 0.0453 e. The Kier molecular flexibility index (Phi) is 4.20. The molecule has 1 unspecified atom stereocenters. The van der Waals surface area contributed by atoms with Crippen molar-refractivity contribution in [2.24, 2.45) is 0 Å². The maximum atomic E-state index is 3.43. The molecule has 0 radical (unpaired) electrons. The van der Waals surface area contributed by atoms with Gasteiger partial charge in [-0.3, -0.25) is 0 Å². The van der Waals surface area contributed by atoms with Crippen molar-refractivity contribution >= 4 is 11.3 Å². The van der Waals surface area contributed by atoms with Gasteiger partial charge in [-0.1, -0.05) is 23.8 Å². The van der Waals surface area contributed by atoms with Crippen molar-refractivity contribution in [2.45, 2.75) is 33.2 Å². The molecule has 0 saturated carbocycles. The van der Waals surface area contributed by atoms with E-state index in [0.717, 1.165) is 6.42 Å². The number of benzene rings is 1. The molecule has 2 rings (SSSR count). The molecule has 0 aliphatic heterocycles. The van der Waals surface area contributed by atoms with Crippen molar-refractivity contribution in [2.75, 3.05) is 7.05 Å². The maximum absolute atomic E-state index is 3.43. The van der Waals surface area contributed by atoms with E-state index in [1.165, 1.54) is 27.1 Å². The molecule has 2 aromatic rings. The summed E-state index contributed by atoms with van der Waals surface area (Å²) >= 11 is 1.83. The SMILES string of the molecule is CNC(Cc1c(C)cc(C)cc1C)c1cccs1. The first kappa shape index (κ1) is 13.3. The summed E-state index contributed by atoms with van der Waals surface area (Å²) in [5, 5.41) is 5.58. The molecule has 0 spiro atoms. The summed E-state index contributed by atoms with van der Waals surface area (Å²) in [6, 6.07) is 9.32. The third-order valence-electron chi connectivity index (χ3n) is 3.48. The molecule has 0 saturated heterocycles. The lowest BCUT2D eigenvalue weighted by Gasteiger charge is -2.18. The van der Waals surface area contributed by atoms with Crippen LogP contribution in [0, 0.1) is 20.8 Å². The van der Waals surface area contributed by atoms with Crippen LogP contribution in [-0.2, 0) is 6.42 Å². The number of hydrogen-bond donors (Lipinski definition) is 1. The quantitative estimate of drug-likeness (QED) is 0.868. The predicted octanol–water partition coefficient (Wildman–Crippen LogP) is 4.18. The highest BCUT2D eigenvalue weighted by Crippen LogP contribution is 2.26. The number of nitrogens with one attached hydrogen (secondary N) is 1. The molecular weight excluding hydrogens is 238 g/mol. The number of hydrogen-bond acceptors (Lipinski definition) is 2. The highest BCUT2D eigenvalue weighted by Gasteiger charge is 2.14. The van der Waals surface area contributed by atoms with E-state index in [-0.39, 0.29) is 0 Å². The van der Waals surface area contributed by atoms with Crippen LogP contribution in [0.2, 0.25) is 0 Å². The van der Waals surface area contributed by atoms with Crippen molar-refractivity contribution in [1.29, 1.82) is 0 Å². The fraction of sp³-hybridized carbons (Fsp3) is 0.375. The molecule has 1 nitrogen and oxygen atoms in total. The number of thiophene rings is 1. The molecule has 0 amide bonds. The van der Waals surface area contributed by atoms with Gasteiger partial charge in [-0.15, -0.1) is 11.3 Å². The molecule has 1 N–H and O–H groups in total. The van der Waals surface area contributed by atoms with Crippen LogP contribution in [0.25, 0.3) is 0 Å². The lowest BCUT2D eigenvalue weighted by molar-refractivity contribution is 0.599. The molecule has 0 aliphatic rings. The molecule has 1 atom stereocenters. The summed E-state index contributed by atoms with van der Waals surface area (Å²) in [6.45, 7) is 6.60. The Morgan fingerprint density at radius 2 is 1.83 bits per heavy atom. The molecule has 2 heteroatoms. The van der Waals surface area contributed by atoms with Gasteiger partial charge in [-0.25, -0.2) is 0 Å². The van der Waals surface area contributed by atoms with Crippen LogP contribution in [0.4, 0.5) is 0 Å². The third-order valence-corrected chi connectivity index (χ3v) is 4.47. The minimum atomic E-state index is 0.421. The summed E-state index contributed by atoms with van der Waals surface area (Å²) in [5.74, 6) is 0. The second kappa shape index (κ2) is 5.68. The first-order valence-corrected chi connectivity index (χ1v) is 7.27. The Morgan fingerprint density at radius 3 is 2.33 bits per heavy atom. The Hall–Kier alpha value is -1.12. The minimum Gasteiger partial charge on any atom is -0.312 e. The molecule has 0 aliphatic carbocycles. The van der Waals surface area contributed by atoms with Crippen molar-refractivity contribution in [3.05, 3.63) is 56.8 Å². The Morgan fingerprint density at radius 1 is 1.17 bits per heavy atom. The second-order valence-electron chi connectivity index (χ2n) is 4.94. The van der Waals surface area contributed by atoms with Gasteiger partial charge in [0.1, 0.15) is 0 Å². The number of likely N-dealkylation sites (N-methyl/N-ethyl adjacent to an activating group) is 1. The Bertz CT molecular complexity index is 491. The normalized spacial score (nSPS) is 12.7. The van der Waals surface area contributed by atoms with E-state index in [1.54, 1.807) is 0 Å². The summed E-state index contributed by atoms with van der Waals surface area (Å²) in [4.78, 5) is 1.41. The molecule has 0 fully saturated rings. The average Bonchev–Trinajstić information content (AvgIpc) is 2.81. The van der Waals surface area contributed by atoms with E-state index in [4.69, 9.17) is 0 Å². The fourth-order valence-electron chi connectivity index (χ4n) is 2.57. The van der Waals surface area contributed by atoms with E-state index < -0.39 is 0 Å². The topological polar surface area (TPSA) is 12.0 Å².